The monoisotopic (exact) mass is 438 g/mol. The summed E-state index contributed by atoms with van der Waals surface area (Å²) in [4.78, 5) is 23.6. The summed E-state index contributed by atoms with van der Waals surface area (Å²) in [6, 6.07) is 0. The molecule has 0 saturated heterocycles. The highest BCUT2D eigenvalue weighted by Crippen LogP contribution is 2.65. The number of hydrogen-bond donors (Lipinski definition) is 2. The summed E-state index contributed by atoms with van der Waals surface area (Å²) in [5.41, 5.74) is 1.34. The van der Waals surface area contributed by atoms with Crippen molar-refractivity contribution < 1.29 is 19.8 Å². The molecule has 3 saturated carbocycles. The van der Waals surface area contributed by atoms with Gasteiger partial charge >= 0.3 is 5.97 Å². The van der Waals surface area contributed by atoms with Gasteiger partial charge < -0.3 is 10.2 Å². The van der Waals surface area contributed by atoms with E-state index in [9.17, 15) is 14.7 Å². The Hall–Kier alpha value is -0.680. The summed E-state index contributed by atoms with van der Waals surface area (Å²) in [5, 5.41) is 19.7. The van der Waals surface area contributed by atoms with Crippen LogP contribution in [-0.2, 0) is 9.59 Å². The van der Waals surface area contributed by atoms with Crippen LogP contribution in [0.15, 0.2) is 11.6 Å². The smallest absolute Gasteiger partial charge is 0.304 e. The summed E-state index contributed by atoms with van der Waals surface area (Å²) in [6.45, 7) is 4.61. The zero-order chi connectivity index (χ0) is 19.6. The number of allylic oxidation sites excluding steroid dienone is 1. The number of carbonyl (C=O) groups is 2. The van der Waals surface area contributed by atoms with Crippen LogP contribution < -0.4 is 0 Å². The van der Waals surface area contributed by atoms with Crippen molar-refractivity contribution in [2.24, 2.45) is 34.5 Å². The van der Waals surface area contributed by atoms with Crippen LogP contribution >= 0.6 is 15.9 Å². The molecule has 4 aliphatic rings. The van der Waals surface area contributed by atoms with Gasteiger partial charge in [0.25, 0.3) is 0 Å². The maximum absolute atomic E-state index is 12.7. The second-order valence-corrected chi connectivity index (χ2v) is 11.1. The summed E-state index contributed by atoms with van der Waals surface area (Å²) < 4.78 is 0. The third kappa shape index (κ3) is 2.95. The van der Waals surface area contributed by atoms with Gasteiger partial charge in [0.2, 0.25) is 0 Å². The van der Waals surface area contributed by atoms with Gasteiger partial charge in [-0.1, -0.05) is 35.4 Å². The minimum atomic E-state index is -0.862. The molecule has 4 aliphatic carbocycles. The highest BCUT2D eigenvalue weighted by Gasteiger charge is 2.59. The molecule has 3 fully saturated rings. The van der Waals surface area contributed by atoms with Crippen molar-refractivity contribution in [2.45, 2.75) is 76.1 Å². The standard InChI is InChI=1S/C22H31BrO4/c1-21-8-7-16-13(15(21)5-6-19(21)25)4-3-12-9-18(24)14(11-22(12,16)2)17(23)10-20(26)27/h9,13-17,19,25H,3-8,10-11H2,1-2H3,(H,26,27)/t13-,14?,15-,16-,17?,19-,21-,22-/m0/s1. The number of alkyl halides is 1. The summed E-state index contributed by atoms with van der Waals surface area (Å²) in [6.07, 6.45) is 8.75. The van der Waals surface area contributed by atoms with Crippen molar-refractivity contribution in [1.29, 1.82) is 0 Å². The van der Waals surface area contributed by atoms with Gasteiger partial charge in [-0.25, -0.2) is 0 Å². The number of rotatable bonds is 3. The first kappa shape index (κ1) is 19.6. The number of aliphatic carboxylic acids is 1. The van der Waals surface area contributed by atoms with Crippen LogP contribution in [0.1, 0.15) is 65.2 Å². The zero-order valence-corrected chi connectivity index (χ0v) is 17.9. The SMILES string of the molecule is C[C@]12CC[C@H]3[C@@H](CCC4=CC(=O)C(C(Br)CC(=O)O)C[C@@]43C)[C@@H]1CC[C@@H]2O. The number of halogens is 1. The van der Waals surface area contributed by atoms with Gasteiger partial charge in [-0.05, 0) is 79.6 Å². The number of hydrogen-bond acceptors (Lipinski definition) is 3. The summed E-state index contributed by atoms with van der Waals surface area (Å²) in [5.74, 6) is 0.724. The quantitative estimate of drug-likeness (QED) is 0.642. The van der Waals surface area contributed by atoms with E-state index < -0.39 is 5.97 Å². The van der Waals surface area contributed by atoms with E-state index in [1.807, 2.05) is 6.08 Å². The number of aliphatic hydroxyl groups excluding tert-OH is 1. The summed E-state index contributed by atoms with van der Waals surface area (Å²) >= 11 is 3.51. The maximum Gasteiger partial charge on any atom is 0.304 e. The molecule has 150 valence electrons. The third-order valence-electron chi connectivity index (χ3n) is 8.82. The summed E-state index contributed by atoms with van der Waals surface area (Å²) in [7, 11) is 0. The van der Waals surface area contributed by atoms with Crippen molar-refractivity contribution in [1.82, 2.24) is 0 Å². The highest BCUT2D eigenvalue weighted by molar-refractivity contribution is 9.09. The lowest BCUT2D eigenvalue weighted by atomic mass is 9.46. The van der Waals surface area contributed by atoms with Crippen molar-refractivity contribution in [3.8, 4) is 0 Å². The molecule has 0 aromatic heterocycles. The zero-order valence-electron chi connectivity index (χ0n) is 16.3. The third-order valence-corrected chi connectivity index (χ3v) is 9.78. The molecular weight excluding hydrogens is 408 g/mol. The highest BCUT2D eigenvalue weighted by atomic mass is 79.9. The number of fused-ring (bicyclic) bond motifs is 5. The van der Waals surface area contributed by atoms with Gasteiger partial charge in [-0.15, -0.1) is 0 Å². The van der Waals surface area contributed by atoms with E-state index in [2.05, 4.69) is 29.8 Å². The van der Waals surface area contributed by atoms with Crippen LogP contribution in [-0.4, -0.2) is 32.9 Å². The Morgan fingerprint density at radius 2 is 2.00 bits per heavy atom. The van der Waals surface area contributed by atoms with E-state index in [1.54, 1.807) is 0 Å². The lowest BCUT2D eigenvalue weighted by molar-refractivity contribution is -0.137. The Morgan fingerprint density at radius 1 is 1.26 bits per heavy atom. The van der Waals surface area contributed by atoms with Gasteiger partial charge in [-0.2, -0.15) is 0 Å². The van der Waals surface area contributed by atoms with Crippen molar-refractivity contribution in [3.63, 3.8) is 0 Å². The van der Waals surface area contributed by atoms with Crippen LogP contribution in [0, 0.1) is 34.5 Å². The van der Waals surface area contributed by atoms with Gasteiger partial charge in [0.05, 0.1) is 12.5 Å². The lowest BCUT2D eigenvalue weighted by Gasteiger charge is -2.58. The maximum atomic E-state index is 12.7. The van der Waals surface area contributed by atoms with Crippen LogP contribution in [0.4, 0.5) is 0 Å². The Morgan fingerprint density at radius 3 is 2.70 bits per heavy atom. The topological polar surface area (TPSA) is 74.6 Å². The van der Waals surface area contributed by atoms with Crippen LogP contribution in [0.5, 0.6) is 0 Å². The van der Waals surface area contributed by atoms with Crippen LogP contribution in [0.2, 0.25) is 0 Å². The molecule has 0 heterocycles. The first-order valence-electron chi connectivity index (χ1n) is 10.5. The van der Waals surface area contributed by atoms with E-state index in [0.717, 1.165) is 44.9 Å². The first-order chi connectivity index (χ1) is 12.7. The molecule has 0 aliphatic heterocycles. The second-order valence-electron chi connectivity index (χ2n) is 9.97. The van der Waals surface area contributed by atoms with Gasteiger partial charge in [0, 0.05) is 10.7 Å². The van der Waals surface area contributed by atoms with E-state index in [-0.39, 0.29) is 39.9 Å². The van der Waals surface area contributed by atoms with Crippen LogP contribution in [0.25, 0.3) is 0 Å². The molecule has 0 bridgehead atoms. The average molecular weight is 439 g/mol. The lowest BCUT2D eigenvalue weighted by Crippen LogP contribution is -2.52. The fourth-order valence-electron chi connectivity index (χ4n) is 7.27. The number of aliphatic hydroxyl groups is 1. The number of carboxylic acid groups (broad SMARTS) is 1. The fraction of sp³-hybridized carbons (Fsp3) is 0.818. The van der Waals surface area contributed by atoms with Gasteiger partial charge in [0.1, 0.15) is 0 Å². The van der Waals surface area contributed by atoms with E-state index in [4.69, 9.17) is 5.11 Å². The predicted molar refractivity (Wildman–Crippen MR) is 107 cm³/mol. The van der Waals surface area contributed by atoms with E-state index in [0.29, 0.717) is 17.8 Å². The number of carboxylic acids is 1. The van der Waals surface area contributed by atoms with E-state index in [1.165, 1.54) is 5.57 Å². The molecule has 0 radical (unpaired) electrons. The average Bonchev–Trinajstić information content (AvgIpc) is 2.89. The largest absolute Gasteiger partial charge is 0.481 e. The van der Waals surface area contributed by atoms with Crippen LogP contribution in [0.3, 0.4) is 0 Å². The molecule has 27 heavy (non-hydrogen) atoms. The molecule has 0 spiro atoms. The number of ketones is 1. The molecule has 8 atom stereocenters. The molecule has 0 aromatic rings. The Kier molecular flexibility index (Phi) is 4.86. The first-order valence-corrected chi connectivity index (χ1v) is 11.4. The Bertz CT molecular complexity index is 688. The van der Waals surface area contributed by atoms with Crippen molar-refractivity contribution >= 4 is 27.7 Å². The Balaban J connectivity index is 1.63. The molecule has 0 amide bonds. The minimum Gasteiger partial charge on any atom is -0.481 e. The molecule has 2 unspecified atom stereocenters. The molecule has 5 heteroatoms. The normalized spacial score (nSPS) is 47.5. The molecule has 4 rings (SSSR count). The number of carbonyl (C=O) groups excluding carboxylic acids is 1. The second kappa shape index (κ2) is 6.69. The van der Waals surface area contributed by atoms with Crippen molar-refractivity contribution in [3.05, 3.63) is 11.6 Å². The van der Waals surface area contributed by atoms with Gasteiger partial charge in [-0.3, -0.25) is 9.59 Å². The van der Waals surface area contributed by atoms with E-state index >= 15 is 0 Å². The minimum absolute atomic E-state index is 0.0130. The van der Waals surface area contributed by atoms with Gasteiger partial charge in [0.15, 0.2) is 5.78 Å². The Labute approximate surface area is 169 Å². The molecular formula is C22H31BrO4. The molecule has 2 N–H and O–H groups in total. The fourth-order valence-corrected chi connectivity index (χ4v) is 7.99. The molecule has 0 aromatic carbocycles. The molecule has 4 nitrogen and oxygen atoms in total. The van der Waals surface area contributed by atoms with Crippen molar-refractivity contribution in [2.75, 3.05) is 0 Å². The predicted octanol–water partition coefficient (Wildman–Crippen LogP) is 4.34.